The van der Waals surface area contributed by atoms with E-state index in [9.17, 15) is 0 Å². The Labute approximate surface area is 114 Å². The Hall–Kier alpha value is -1.000. The summed E-state index contributed by atoms with van der Waals surface area (Å²) in [5.74, 6) is 0.792. The molecule has 2 aromatic rings. The van der Waals surface area contributed by atoms with E-state index >= 15 is 0 Å². The molecule has 0 amide bonds. The highest BCUT2D eigenvalue weighted by molar-refractivity contribution is 9.10. The van der Waals surface area contributed by atoms with E-state index in [0.29, 0.717) is 12.3 Å². The van der Waals surface area contributed by atoms with Gasteiger partial charge in [0.05, 0.1) is 5.69 Å². The summed E-state index contributed by atoms with van der Waals surface area (Å²) in [5.41, 5.74) is 8.91. The van der Waals surface area contributed by atoms with E-state index in [-0.39, 0.29) is 0 Å². The lowest BCUT2D eigenvalue weighted by atomic mass is 10.1. The topological polar surface area (TPSA) is 35.2 Å². The van der Waals surface area contributed by atoms with Gasteiger partial charge in [-0.05, 0) is 53.0 Å². The number of nitrogen functional groups attached to an aromatic ring is 1. The van der Waals surface area contributed by atoms with E-state index in [2.05, 4.69) is 28.1 Å². The number of aryl methyl sites for hydroxylation is 2. The normalized spacial score (nSPS) is 10.5. The zero-order valence-electron chi connectivity index (χ0n) is 9.79. The molecule has 90 valence electrons. The first-order valence-corrected chi connectivity index (χ1v) is 6.96. The number of thiophene rings is 1. The minimum Gasteiger partial charge on any atom is -0.486 e. The number of benzene rings is 1. The Kier molecular flexibility index (Phi) is 3.74. The van der Waals surface area contributed by atoms with Crippen LogP contribution in [0, 0.1) is 13.8 Å². The molecule has 0 aliphatic rings. The molecular weight excluding hydrogens is 298 g/mol. The van der Waals surface area contributed by atoms with Gasteiger partial charge < -0.3 is 10.5 Å². The average Bonchev–Trinajstić information content (AvgIpc) is 2.62. The highest BCUT2D eigenvalue weighted by Gasteiger charge is 2.07. The van der Waals surface area contributed by atoms with Crippen molar-refractivity contribution in [1.29, 1.82) is 0 Å². The number of rotatable bonds is 3. The van der Waals surface area contributed by atoms with Crippen LogP contribution in [0.1, 0.15) is 16.0 Å². The summed E-state index contributed by atoms with van der Waals surface area (Å²) in [6.45, 7) is 4.61. The van der Waals surface area contributed by atoms with Crippen molar-refractivity contribution in [2.24, 2.45) is 0 Å². The first-order valence-electron chi connectivity index (χ1n) is 5.28. The van der Waals surface area contributed by atoms with Gasteiger partial charge >= 0.3 is 0 Å². The molecule has 0 spiro atoms. The molecular formula is C13H14BrNOS. The van der Waals surface area contributed by atoms with Gasteiger partial charge in [-0.25, -0.2) is 0 Å². The van der Waals surface area contributed by atoms with Gasteiger partial charge in [0, 0.05) is 14.7 Å². The SMILES string of the molecule is Cc1cc(C)c(OCc2cc(Br)cs2)c(N)c1. The van der Waals surface area contributed by atoms with E-state index in [4.69, 9.17) is 10.5 Å². The lowest BCUT2D eigenvalue weighted by Crippen LogP contribution is -2.00. The van der Waals surface area contributed by atoms with Crippen LogP contribution in [0.25, 0.3) is 0 Å². The van der Waals surface area contributed by atoms with Gasteiger partial charge in [-0.2, -0.15) is 0 Å². The monoisotopic (exact) mass is 311 g/mol. The maximum Gasteiger partial charge on any atom is 0.145 e. The molecule has 0 aliphatic heterocycles. The molecule has 2 N–H and O–H groups in total. The van der Waals surface area contributed by atoms with E-state index in [0.717, 1.165) is 21.3 Å². The van der Waals surface area contributed by atoms with Crippen LogP contribution in [-0.4, -0.2) is 0 Å². The zero-order chi connectivity index (χ0) is 12.4. The van der Waals surface area contributed by atoms with Gasteiger partial charge in [-0.15, -0.1) is 11.3 Å². The number of nitrogens with two attached hydrogens (primary N) is 1. The highest BCUT2D eigenvalue weighted by atomic mass is 79.9. The fourth-order valence-corrected chi connectivity index (χ4v) is 3.12. The van der Waals surface area contributed by atoms with Crippen LogP contribution in [-0.2, 0) is 6.61 Å². The molecule has 17 heavy (non-hydrogen) atoms. The second-order valence-corrected chi connectivity index (χ2v) is 5.93. The molecule has 0 unspecified atom stereocenters. The summed E-state index contributed by atoms with van der Waals surface area (Å²) in [7, 11) is 0. The number of ether oxygens (including phenoxy) is 1. The summed E-state index contributed by atoms with van der Waals surface area (Å²) in [5, 5.41) is 2.05. The quantitative estimate of drug-likeness (QED) is 0.858. The fraction of sp³-hybridized carbons (Fsp3) is 0.231. The second-order valence-electron chi connectivity index (χ2n) is 4.02. The Morgan fingerprint density at radius 1 is 1.29 bits per heavy atom. The van der Waals surface area contributed by atoms with Crippen LogP contribution in [0.15, 0.2) is 28.1 Å². The summed E-state index contributed by atoms with van der Waals surface area (Å²) >= 11 is 5.10. The molecule has 1 aromatic carbocycles. The first kappa shape index (κ1) is 12.5. The number of halogens is 1. The van der Waals surface area contributed by atoms with Crippen LogP contribution in [0.4, 0.5) is 5.69 Å². The molecule has 0 saturated carbocycles. The summed E-state index contributed by atoms with van der Waals surface area (Å²) in [4.78, 5) is 1.18. The Bertz CT molecular complexity index is 513. The second kappa shape index (κ2) is 5.10. The third-order valence-corrected chi connectivity index (χ3v) is 4.10. The maximum absolute atomic E-state index is 5.96. The maximum atomic E-state index is 5.96. The minimum absolute atomic E-state index is 0.560. The predicted octanol–water partition coefficient (Wildman–Crippen LogP) is 4.29. The number of anilines is 1. The van der Waals surface area contributed by atoms with E-state index in [1.165, 1.54) is 4.88 Å². The van der Waals surface area contributed by atoms with Crippen LogP contribution in [0.3, 0.4) is 0 Å². The number of hydrogen-bond acceptors (Lipinski definition) is 3. The third-order valence-electron chi connectivity index (χ3n) is 2.43. The lowest BCUT2D eigenvalue weighted by Gasteiger charge is -2.11. The van der Waals surface area contributed by atoms with Gasteiger partial charge in [0.15, 0.2) is 0 Å². The van der Waals surface area contributed by atoms with Crippen molar-refractivity contribution in [1.82, 2.24) is 0 Å². The van der Waals surface area contributed by atoms with Crippen LogP contribution >= 0.6 is 27.3 Å². The molecule has 0 atom stereocenters. The Morgan fingerprint density at radius 2 is 2.06 bits per heavy atom. The third kappa shape index (κ3) is 3.01. The molecule has 0 fully saturated rings. The van der Waals surface area contributed by atoms with Gasteiger partial charge in [0.1, 0.15) is 12.4 Å². The molecule has 4 heteroatoms. The Balaban J connectivity index is 2.14. The lowest BCUT2D eigenvalue weighted by molar-refractivity contribution is 0.309. The standard InChI is InChI=1S/C13H14BrNOS/c1-8-3-9(2)13(12(15)4-8)16-6-11-5-10(14)7-17-11/h3-5,7H,6,15H2,1-2H3. The van der Waals surface area contributed by atoms with Gasteiger partial charge in [0.2, 0.25) is 0 Å². The van der Waals surface area contributed by atoms with Crippen molar-refractivity contribution in [3.05, 3.63) is 44.1 Å². The molecule has 0 radical (unpaired) electrons. The average molecular weight is 312 g/mol. The number of hydrogen-bond donors (Lipinski definition) is 1. The summed E-state index contributed by atoms with van der Waals surface area (Å²) < 4.78 is 6.88. The van der Waals surface area contributed by atoms with Crippen molar-refractivity contribution in [2.45, 2.75) is 20.5 Å². The van der Waals surface area contributed by atoms with Crippen molar-refractivity contribution in [3.8, 4) is 5.75 Å². The van der Waals surface area contributed by atoms with E-state index in [1.807, 2.05) is 25.3 Å². The van der Waals surface area contributed by atoms with E-state index < -0.39 is 0 Å². The van der Waals surface area contributed by atoms with Gasteiger partial charge in [0.25, 0.3) is 0 Å². The Morgan fingerprint density at radius 3 is 2.65 bits per heavy atom. The van der Waals surface area contributed by atoms with Gasteiger partial charge in [-0.1, -0.05) is 6.07 Å². The first-order chi connectivity index (χ1) is 8.06. The molecule has 0 saturated heterocycles. The molecule has 1 aromatic heterocycles. The van der Waals surface area contributed by atoms with Crippen molar-refractivity contribution >= 4 is 33.0 Å². The molecule has 0 bridgehead atoms. The highest BCUT2D eigenvalue weighted by Crippen LogP contribution is 2.29. The smallest absolute Gasteiger partial charge is 0.145 e. The van der Waals surface area contributed by atoms with E-state index in [1.54, 1.807) is 11.3 Å². The van der Waals surface area contributed by atoms with Crippen molar-refractivity contribution in [3.63, 3.8) is 0 Å². The van der Waals surface area contributed by atoms with Crippen molar-refractivity contribution < 1.29 is 4.74 Å². The molecule has 2 rings (SSSR count). The fourth-order valence-electron chi connectivity index (χ4n) is 1.76. The largest absolute Gasteiger partial charge is 0.486 e. The molecule has 2 nitrogen and oxygen atoms in total. The van der Waals surface area contributed by atoms with Crippen LogP contribution < -0.4 is 10.5 Å². The van der Waals surface area contributed by atoms with Gasteiger partial charge in [-0.3, -0.25) is 0 Å². The molecule has 1 heterocycles. The molecule has 0 aliphatic carbocycles. The van der Waals surface area contributed by atoms with Crippen molar-refractivity contribution in [2.75, 3.05) is 5.73 Å². The summed E-state index contributed by atoms with van der Waals surface area (Å²) in [6.07, 6.45) is 0. The summed E-state index contributed by atoms with van der Waals surface area (Å²) in [6, 6.07) is 6.08. The van der Waals surface area contributed by atoms with Crippen LogP contribution in [0.2, 0.25) is 0 Å². The predicted molar refractivity (Wildman–Crippen MR) is 76.7 cm³/mol. The minimum atomic E-state index is 0.560. The zero-order valence-corrected chi connectivity index (χ0v) is 12.2. The van der Waals surface area contributed by atoms with Crippen LogP contribution in [0.5, 0.6) is 5.75 Å².